The Balaban J connectivity index is 1.08. The fraction of sp³-hybridized carbons (Fsp3) is 0. The molecule has 0 spiro atoms. The van der Waals surface area contributed by atoms with Gasteiger partial charge >= 0.3 is 0 Å². The highest BCUT2D eigenvalue weighted by Gasteiger charge is 2.24. The second kappa shape index (κ2) is 14.1. The van der Waals surface area contributed by atoms with Crippen LogP contribution in [0.3, 0.4) is 0 Å². The van der Waals surface area contributed by atoms with Crippen molar-refractivity contribution in [2.24, 2.45) is 0 Å². The molecule has 0 unspecified atom stereocenters. The Morgan fingerprint density at radius 1 is 0.286 bits per heavy atom. The van der Waals surface area contributed by atoms with E-state index < -0.39 is 0 Å². The number of hydrogen-bond donors (Lipinski definition) is 0. The maximum absolute atomic E-state index is 6.83. The Morgan fingerprint density at radius 2 is 0.889 bits per heavy atom. The van der Waals surface area contributed by atoms with Gasteiger partial charge in [-0.3, -0.25) is 0 Å². The molecule has 3 nitrogen and oxygen atoms in total. The first-order valence-electron chi connectivity index (χ1n) is 21.5. The molecule has 0 aliphatic rings. The molecule has 13 aromatic rings. The lowest BCUT2D eigenvalue weighted by Gasteiger charge is -2.29. The zero-order chi connectivity index (χ0) is 41.4. The second-order valence-corrected chi connectivity index (χ2v) is 16.4. The molecular formula is C60H37NO2. The minimum Gasteiger partial charge on any atom is -0.455 e. The summed E-state index contributed by atoms with van der Waals surface area (Å²) in [5.74, 6) is 0. The van der Waals surface area contributed by atoms with Crippen LogP contribution in [-0.2, 0) is 0 Å². The quantitative estimate of drug-likeness (QED) is 0.157. The van der Waals surface area contributed by atoms with Crippen molar-refractivity contribution < 1.29 is 8.83 Å². The molecule has 0 aliphatic heterocycles. The Morgan fingerprint density at radius 3 is 1.73 bits per heavy atom. The van der Waals surface area contributed by atoms with Crippen LogP contribution in [0.5, 0.6) is 0 Å². The Bertz CT molecular complexity index is 3910. The topological polar surface area (TPSA) is 29.5 Å². The van der Waals surface area contributed by atoms with Gasteiger partial charge < -0.3 is 13.7 Å². The Hall–Kier alpha value is -8.40. The zero-order valence-electron chi connectivity index (χ0n) is 34.1. The highest BCUT2D eigenvalue weighted by Crippen LogP contribution is 2.49. The van der Waals surface area contributed by atoms with Gasteiger partial charge in [0.1, 0.15) is 22.3 Å². The molecule has 13 rings (SSSR count). The van der Waals surface area contributed by atoms with Gasteiger partial charge in [0.15, 0.2) is 0 Å². The number of para-hydroxylation sites is 2. The van der Waals surface area contributed by atoms with Gasteiger partial charge in [0.2, 0.25) is 0 Å². The van der Waals surface area contributed by atoms with Crippen molar-refractivity contribution in [3.05, 3.63) is 224 Å². The van der Waals surface area contributed by atoms with Crippen LogP contribution in [0.1, 0.15) is 0 Å². The van der Waals surface area contributed by atoms with Gasteiger partial charge in [0, 0.05) is 38.4 Å². The highest BCUT2D eigenvalue weighted by molar-refractivity contribution is 6.20. The van der Waals surface area contributed by atoms with E-state index >= 15 is 0 Å². The number of nitrogens with zero attached hydrogens (tertiary/aromatic N) is 1. The first-order valence-corrected chi connectivity index (χ1v) is 21.5. The summed E-state index contributed by atoms with van der Waals surface area (Å²) in [5.41, 5.74) is 13.4. The molecule has 294 valence electrons. The fourth-order valence-electron chi connectivity index (χ4n) is 9.93. The molecule has 11 aromatic carbocycles. The number of benzene rings is 11. The van der Waals surface area contributed by atoms with Crippen LogP contribution in [0.25, 0.3) is 110 Å². The van der Waals surface area contributed by atoms with E-state index in [4.69, 9.17) is 8.83 Å². The van der Waals surface area contributed by atoms with E-state index in [2.05, 4.69) is 217 Å². The van der Waals surface area contributed by atoms with Gasteiger partial charge in [-0.05, 0) is 91.6 Å². The van der Waals surface area contributed by atoms with Crippen molar-refractivity contribution in [3.8, 4) is 33.4 Å². The first kappa shape index (κ1) is 35.4. The van der Waals surface area contributed by atoms with Crippen LogP contribution in [0.4, 0.5) is 17.1 Å². The lowest BCUT2D eigenvalue weighted by molar-refractivity contribution is 0.670. The first-order chi connectivity index (χ1) is 31.2. The largest absolute Gasteiger partial charge is 0.455 e. The molecule has 2 heterocycles. The van der Waals surface area contributed by atoms with Crippen molar-refractivity contribution in [1.29, 1.82) is 0 Å². The number of fused-ring (bicyclic) bond motifs is 11. The predicted octanol–water partition coefficient (Wildman–Crippen LogP) is 17.4. The monoisotopic (exact) mass is 803 g/mol. The molecule has 0 N–H and O–H groups in total. The molecule has 3 heteroatoms. The summed E-state index contributed by atoms with van der Waals surface area (Å²) >= 11 is 0. The molecular weight excluding hydrogens is 767 g/mol. The average Bonchev–Trinajstić information content (AvgIpc) is 3.94. The summed E-state index contributed by atoms with van der Waals surface area (Å²) in [6.07, 6.45) is 0. The second-order valence-electron chi connectivity index (χ2n) is 16.4. The predicted molar refractivity (Wildman–Crippen MR) is 265 cm³/mol. The third-order valence-corrected chi connectivity index (χ3v) is 12.9. The number of anilines is 3. The van der Waals surface area contributed by atoms with Crippen LogP contribution in [0, 0.1) is 0 Å². The lowest BCUT2D eigenvalue weighted by Crippen LogP contribution is -2.12. The van der Waals surface area contributed by atoms with Crippen molar-refractivity contribution in [1.82, 2.24) is 0 Å². The van der Waals surface area contributed by atoms with Gasteiger partial charge in [-0.25, -0.2) is 0 Å². The lowest BCUT2D eigenvalue weighted by atomic mass is 9.92. The Labute approximate surface area is 363 Å². The summed E-state index contributed by atoms with van der Waals surface area (Å²) in [4.78, 5) is 2.43. The fourth-order valence-corrected chi connectivity index (χ4v) is 9.93. The van der Waals surface area contributed by atoms with Crippen molar-refractivity contribution in [2.45, 2.75) is 0 Å². The van der Waals surface area contributed by atoms with Crippen LogP contribution in [0.15, 0.2) is 233 Å². The van der Waals surface area contributed by atoms with E-state index in [1.165, 1.54) is 27.1 Å². The van der Waals surface area contributed by atoms with Crippen LogP contribution in [-0.4, -0.2) is 0 Å². The van der Waals surface area contributed by atoms with Crippen LogP contribution >= 0.6 is 0 Å². The number of rotatable bonds is 6. The maximum atomic E-state index is 6.83. The molecule has 2 aromatic heterocycles. The minimum atomic E-state index is 0.843. The average molecular weight is 804 g/mol. The maximum Gasteiger partial charge on any atom is 0.143 e. The van der Waals surface area contributed by atoms with E-state index in [1.807, 2.05) is 12.1 Å². The summed E-state index contributed by atoms with van der Waals surface area (Å²) in [5, 5.41) is 11.6. The van der Waals surface area contributed by atoms with Crippen LogP contribution < -0.4 is 4.90 Å². The SMILES string of the molecule is c1ccc(-c2ccc(-c3cccc4c3ccc3ccccc34)cc2N(c2ccc(-c3cccc4c3oc3ccccc34)cc2)c2cccc3oc4c5ccccc5ccc4c23)cc1. The van der Waals surface area contributed by atoms with E-state index in [9.17, 15) is 0 Å². The third kappa shape index (κ3) is 5.60. The van der Waals surface area contributed by atoms with Crippen molar-refractivity contribution in [3.63, 3.8) is 0 Å². The summed E-state index contributed by atoms with van der Waals surface area (Å²) in [7, 11) is 0. The summed E-state index contributed by atoms with van der Waals surface area (Å²) in [6, 6.07) is 80.6. The van der Waals surface area contributed by atoms with E-state index in [0.717, 1.165) is 99.5 Å². The molecule has 0 amide bonds. The van der Waals surface area contributed by atoms with E-state index in [-0.39, 0.29) is 0 Å². The molecule has 0 atom stereocenters. The molecule has 0 radical (unpaired) electrons. The van der Waals surface area contributed by atoms with Crippen molar-refractivity contribution in [2.75, 3.05) is 4.90 Å². The van der Waals surface area contributed by atoms with E-state index in [0.29, 0.717) is 0 Å². The molecule has 0 aliphatic carbocycles. The van der Waals surface area contributed by atoms with Gasteiger partial charge in [0.05, 0.1) is 16.8 Å². The zero-order valence-corrected chi connectivity index (χ0v) is 34.1. The summed E-state index contributed by atoms with van der Waals surface area (Å²) < 4.78 is 13.3. The van der Waals surface area contributed by atoms with Gasteiger partial charge in [0.25, 0.3) is 0 Å². The normalized spacial score (nSPS) is 11.8. The summed E-state index contributed by atoms with van der Waals surface area (Å²) in [6.45, 7) is 0. The van der Waals surface area contributed by atoms with Crippen molar-refractivity contribution >= 4 is 93.3 Å². The van der Waals surface area contributed by atoms with Gasteiger partial charge in [-0.15, -0.1) is 0 Å². The Kier molecular flexibility index (Phi) is 7.91. The smallest absolute Gasteiger partial charge is 0.143 e. The minimum absolute atomic E-state index is 0.843. The molecule has 63 heavy (non-hydrogen) atoms. The molecule has 0 saturated carbocycles. The van der Waals surface area contributed by atoms with Gasteiger partial charge in [-0.2, -0.15) is 0 Å². The van der Waals surface area contributed by atoms with Crippen LogP contribution in [0.2, 0.25) is 0 Å². The molecule has 0 fully saturated rings. The van der Waals surface area contributed by atoms with E-state index in [1.54, 1.807) is 0 Å². The molecule has 0 saturated heterocycles. The third-order valence-electron chi connectivity index (χ3n) is 12.9. The number of furan rings is 2. The molecule has 0 bridgehead atoms. The number of hydrogen-bond acceptors (Lipinski definition) is 3. The van der Waals surface area contributed by atoms with Gasteiger partial charge in [-0.1, -0.05) is 182 Å². The highest BCUT2D eigenvalue weighted by atomic mass is 16.3. The standard InChI is InChI=1S/C60H37NO2/c1-2-13-38(14-3-1)46-34-31-42(45-20-10-22-49-44-17-6-4-15-39(44)29-35-50(45)49)37-55(46)61(54-24-12-26-57-58(54)53-36-30-40-16-5-7-18-47(40)60(53)63-57)43-32-27-41(28-33-43)48-21-11-23-52-51-19-8-9-25-56(51)62-59(48)52/h1-37H.